The third-order valence-corrected chi connectivity index (χ3v) is 3.47. The number of allylic oxidation sites excluding steroid dienone is 1. The van der Waals surface area contributed by atoms with Crippen LogP contribution in [0.4, 0.5) is 0 Å². The van der Waals surface area contributed by atoms with Crippen molar-refractivity contribution in [1.82, 2.24) is 9.80 Å². The van der Waals surface area contributed by atoms with Gasteiger partial charge in [-0.3, -0.25) is 9.69 Å². The molecule has 1 fully saturated rings. The second-order valence-electron chi connectivity index (χ2n) is 5.35. The lowest BCUT2D eigenvalue weighted by atomic mass is 9.96. The maximum Gasteiger partial charge on any atom is 0.226 e. The summed E-state index contributed by atoms with van der Waals surface area (Å²) in [6.07, 6.45) is 5.13. The molecule has 1 saturated heterocycles. The van der Waals surface area contributed by atoms with E-state index in [0.717, 1.165) is 38.8 Å². The van der Waals surface area contributed by atoms with Crippen LogP contribution >= 0.6 is 0 Å². The molecule has 1 rings (SSSR count). The first-order valence-corrected chi connectivity index (χ1v) is 6.77. The van der Waals surface area contributed by atoms with Gasteiger partial charge in [-0.2, -0.15) is 0 Å². The predicted octanol–water partition coefficient (Wildman–Crippen LogP) is 1.11. The minimum atomic E-state index is -0.309. The topological polar surface area (TPSA) is 43.8 Å². The molecular weight excluding hydrogens is 228 g/mol. The van der Waals surface area contributed by atoms with E-state index in [4.69, 9.17) is 0 Å². The quantitative estimate of drug-likeness (QED) is 0.722. The third-order valence-electron chi connectivity index (χ3n) is 3.47. The van der Waals surface area contributed by atoms with Crippen molar-refractivity contribution in [1.29, 1.82) is 0 Å². The average molecular weight is 254 g/mol. The van der Waals surface area contributed by atoms with Crippen molar-refractivity contribution in [2.45, 2.75) is 31.8 Å². The predicted molar refractivity (Wildman–Crippen MR) is 73.3 cm³/mol. The van der Waals surface area contributed by atoms with Crippen LogP contribution in [0, 0.1) is 5.92 Å². The van der Waals surface area contributed by atoms with E-state index in [9.17, 15) is 9.90 Å². The summed E-state index contributed by atoms with van der Waals surface area (Å²) in [7, 11) is 3.61. The van der Waals surface area contributed by atoms with Gasteiger partial charge < -0.3 is 10.0 Å². The molecule has 104 valence electrons. The van der Waals surface area contributed by atoms with Gasteiger partial charge >= 0.3 is 0 Å². The fraction of sp³-hybridized carbons (Fsp3) is 0.786. The second kappa shape index (κ2) is 7.54. The molecule has 0 saturated carbocycles. The molecule has 2 atom stereocenters. The first-order chi connectivity index (χ1) is 8.54. The molecule has 0 bridgehead atoms. The summed E-state index contributed by atoms with van der Waals surface area (Å²) in [6.45, 7) is 6.10. The number of likely N-dealkylation sites (tertiary alicyclic amines) is 1. The number of hydrogen-bond donors (Lipinski definition) is 1. The number of β-amino-alcohol motifs (C(OH)–C–C–N with tert-alkyl or cyclic N) is 1. The third kappa shape index (κ3) is 4.78. The number of rotatable bonds is 6. The Morgan fingerprint density at radius 1 is 1.61 bits per heavy atom. The number of hydrogen-bond acceptors (Lipinski definition) is 3. The van der Waals surface area contributed by atoms with Crippen molar-refractivity contribution < 1.29 is 9.90 Å². The van der Waals surface area contributed by atoms with Crippen LogP contribution in [-0.2, 0) is 4.79 Å². The highest BCUT2D eigenvalue weighted by Gasteiger charge is 2.27. The lowest BCUT2D eigenvalue weighted by Gasteiger charge is -2.34. The Kier molecular flexibility index (Phi) is 6.36. The molecule has 0 spiro atoms. The van der Waals surface area contributed by atoms with Gasteiger partial charge in [-0.25, -0.2) is 0 Å². The molecule has 4 heteroatoms. The van der Waals surface area contributed by atoms with Crippen molar-refractivity contribution in [3.8, 4) is 0 Å². The summed E-state index contributed by atoms with van der Waals surface area (Å²) in [6, 6.07) is 0. The van der Waals surface area contributed by atoms with Gasteiger partial charge in [-0.1, -0.05) is 6.08 Å². The standard InChI is InChI=1S/C14H26N2O2/c1-4-5-8-13(17)11-16-9-6-7-12(10-16)14(18)15(2)3/h4,12-13,17H,1,5-11H2,2-3H3. The van der Waals surface area contributed by atoms with Gasteiger partial charge in [0.1, 0.15) is 0 Å². The SMILES string of the molecule is C=CCCC(O)CN1CCCC(C(=O)N(C)C)C1. The van der Waals surface area contributed by atoms with E-state index in [1.807, 2.05) is 6.08 Å². The second-order valence-corrected chi connectivity index (χ2v) is 5.35. The van der Waals surface area contributed by atoms with Crippen molar-refractivity contribution in [2.24, 2.45) is 5.92 Å². The molecule has 0 radical (unpaired) electrons. The van der Waals surface area contributed by atoms with Crippen LogP contribution < -0.4 is 0 Å². The van der Waals surface area contributed by atoms with Crippen LogP contribution in [-0.4, -0.2) is 60.6 Å². The Balaban J connectivity index is 2.39. The van der Waals surface area contributed by atoms with E-state index in [1.165, 1.54) is 0 Å². The van der Waals surface area contributed by atoms with Crippen LogP contribution in [0.2, 0.25) is 0 Å². The summed E-state index contributed by atoms with van der Waals surface area (Å²) in [5, 5.41) is 9.88. The van der Waals surface area contributed by atoms with E-state index in [1.54, 1.807) is 19.0 Å². The van der Waals surface area contributed by atoms with Crippen LogP contribution in [0.15, 0.2) is 12.7 Å². The molecule has 0 aromatic carbocycles. The first kappa shape index (κ1) is 15.2. The highest BCUT2D eigenvalue weighted by atomic mass is 16.3. The molecule has 1 aliphatic rings. The van der Waals surface area contributed by atoms with E-state index >= 15 is 0 Å². The van der Waals surface area contributed by atoms with Gasteiger partial charge in [0.25, 0.3) is 0 Å². The monoisotopic (exact) mass is 254 g/mol. The summed E-state index contributed by atoms with van der Waals surface area (Å²) in [4.78, 5) is 15.8. The molecule has 1 aliphatic heterocycles. The van der Waals surface area contributed by atoms with Gasteiger partial charge in [0.15, 0.2) is 0 Å². The number of amides is 1. The average Bonchev–Trinajstić information content (AvgIpc) is 2.35. The first-order valence-electron chi connectivity index (χ1n) is 6.77. The Morgan fingerprint density at radius 3 is 2.94 bits per heavy atom. The fourth-order valence-corrected chi connectivity index (χ4v) is 2.49. The molecule has 1 heterocycles. The van der Waals surface area contributed by atoms with Crippen molar-refractivity contribution in [3.05, 3.63) is 12.7 Å². The molecule has 2 unspecified atom stereocenters. The zero-order chi connectivity index (χ0) is 13.5. The molecule has 1 amide bonds. The number of nitrogens with zero attached hydrogens (tertiary/aromatic N) is 2. The molecule has 0 aliphatic carbocycles. The smallest absolute Gasteiger partial charge is 0.226 e. The van der Waals surface area contributed by atoms with Crippen LogP contribution in [0.25, 0.3) is 0 Å². The van der Waals surface area contributed by atoms with Crippen LogP contribution in [0.5, 0.6) is 0 Å². The normalized spacial score (nSPS) is 22.5. The van der Waals surface area contributed by atoms with Gasteiger partial charge in [0.2, 0.25) is 5.91 Å². The molecule has 4 nitrogen and oxygen atoms in total. The van der Waals surface area contributed by atoms with Crippen molar-refractivity contribution >= 4 is 5.91 Å². The highest BCUT2D eigenvalue weighted by molar-refractivity contribution is 5.78. The van der Waals surface area contributed by atoms with Crippen molar-refractivity contribution in [2.75, 3.05) is 33.7 Å². The lowest BCUT2D eigenvalue weighted by molar-refractivity contribution is -0.134. The Morgan fingerprint density at radius 2 is 2.33 bits per heavy atom. The number of aliphatic hydroxyl groups is 1. The van der Waals surface area contributed by atoms with E-state index in [0.29, 0.717) is 6.54 Å². The van der Waals surface area contributed by atoms with Gasteiger partial charge in [0, 0.05) is 27.2 Å². The molecule has 1 N–H and O–H groups in total. The van der Waals surface area contributed by atoms with Gasteiger partial charge in [0.05, 0.1) is 12.0 Å². The van der Waals surface area contributed by atoms with Gasteiger partial charge in [-0.15, -0.1) is 6.58 Å². The highest BCUT2D eigenvalue weighted by Crippen LogP contribution is 2.18. The Bertz CT molecular complexity index is 279. The van der Waals surface area contributed by atoms with Crippen LogP contribution in [0.1, 0.15) is 25.7 Å². The van der Waals surface area contributed by atoms with E-state index < -0.39 is 0 Å². The minimum absolute atomic E-state index is 0.0976. The maximum atomic E-state index is 11.9. The summed E-state index contributed by atoms with van der Waals surface area (Å²) < 4.78 is 0. The lowest BCUT2D eigenvalue weighted by Crippen LogP contribution is -2.45. The summed E-state index contributed by atoms with van der Waals surface area (Å²) in [5.41, 5.74) is 0. The molecule has 18 heavy (non-hydrogen) atoms. The summed E-state index contributed by atoms with van der Waals surface area (Å²) in [5.74, 6) is 0.306. The summed E-state index contributed by atoms with van der Waals surface area (Å²) >= 11 is 0. The molecule has 0 aromatic rings. The zero-order valence-electron chi connectivity index (χ0n) is 11.6. The zero-order valence-corrected chi connectivity index (χ0v) is 11.6. The maximum absolute atomic E-state index is 11.9. The van der Waals surface area contributed by atoms with Gasteiger partial charge in [-0.05, 0) is 32.2 Å². The Hall–Kier alpha value is -0.870. The molecule has 0 aromatic heterocycles. The fourth-order valence-electron chi connectivity index (χ4n) is 2.49. The van der Waals surface area contributed by atoms with Crippen LogP contribution in [0.3, 0.4) is 0 Å². The van der Waals surface area contributed by atoms with E-state index in [-0.39, 0.29) is 17.9 Å². The number of aliphatic hydroxyl groups excluding tert-OH is 1. The number of piperidine rings is 1. The Labute approximate surface area is 110 Å². The minimum Gasteiger partial charge on any atom is -0.392 e. The van der Waals surface area contributed by atoms with Crippen molar-refractivity contribution in [3.63, 3.8) is 0 Å². The van der Waals surface area contributed by atoms with E-state index in [2.05, 4.69) is 11.5 Å². The molecular formula is C14H26N2O2. The number of carbonyl (C=O) groups is 1. The number of carbonyl (C=O) groups excluding carboxylic acids is 1. The largest absolute Gasteiger partial charge is 0.392 e.